The molecule has 0 aliphatic rings. The van der Waals surface area contributed by atoms with Crippen molar-refractivity contribution < 1.29 is 18.3 Å². The van der Waals surface area contributed by atoms with Crippen LogP contribution in [0.15, 0.2) is 0 Å². The minimum Gasteiger partial charge on any atom is -0.481 e. The standard InChI is InChI=1S/C9H18O4S/c1-3-5-8(9(10)11)6-7-14(12,13)4-2/h8H,3-7H2,1-2H3,(H,10,11). The highest BCUT2D eigenvalue weighted by Crippen LogP contribution is 2.12. The van der Waals surface area contributed by atoms with E-state index in [2.05, 4.69) is 0 Å². The normalized spacial score (nSPS) is 13.9. The van der Waals surface area contributed by atoms with E-state index < -0.39 is 21.7 Å². The van der Waals surface area contributed by atoms with Gasteiger partial charge in [0.05, 0.1) is 11.7 Å². The summed E-state index contributed by atoms with van der Waals surface area (Å²) in [5.74, 6) is -1.33. The summed E-state index contributed by atoms with van der Waals surface area (Å²) in [5.41, 5.74) is 0. The molecule has 0 saturated carbocycles. The molecular weight excluding hydrogens is 204 g/mol. The molecule has 14 heavy (non-hydrogen) atoms. The Kier molecular flexibility index (Phi) is 5.76. The van der Waals surface area contributed by atoms with Gasteiger partial charge in [0.25, 0.3) is 0 Å². The summed E-state index contributed by atoms with van der Waals surface area (Å²) < 4.78 is 22.3. The predicted octanol–water partition coefficient (Wildman–Crippen LogP) is 1.31. The quantitative estimate of drug-likeness (QED) is 0.705. The first-order valence-corrected chi connectivity index (χ1v) is 6.68. The van der Waals surface area contributed by atoms with Crippen molar-refractivity contribution in [2.24, 2.45) is 5.92 Å². The van der Waals surface area contributed by atoms with Crippen LogP contribution in [0.1, 0.15) is 33.1 Å². The third-order valence-electron chi connectivity index (χ3n) is 2.20. The maximum absolute atomic E-state index is 11.1. The maximum atomic E-state index is 11.1. The minimum absolute atomic E-state index is 0.0134. The van der Waals surface area contributed by atoms with Gasteiger partial charge >= 0.3 is 5.97 Å². The Morgan fingerprint density at radius 1 is 1.29 bits per heavy atom. The van der Waals surface area contributed by atoms with Gasteiger partial charge in [0.15, 0.2) is 0 Å². The van der Waals surface area contributed by atoms with Gasteiger partial charge in [-0.15, -0.1) is 0 Å². The molecule has 1 unspecified atom stereocenters. The lowest BCUT2D eigenvalue weighted by Gasteiger charge is -2.10. The first-order chi connectivity index (χ1) is 6.43. The Labute approximate surface area is 85.2 Å². The van der Waals surface area contributed by atoms with Crippen molar-refractivity contribution >= 4 is 15.8 Å². The number of aliphatic carboxylic acids is 1. The van der Waals surface area contributed by atoms with Crippen molar-refractivity contribution in [3.05, 3.63) is 0 Å². The van der Waals surface area contributed by atoms with E-state index >= 15 is 0 Å². The smallest absolute Gasteiger partial charge is 0.306 e. The van der Waals surface area contributed by atoms with Crippen LogP contribution in [0, 0.1) is 5.92 Å². The molecule has 1 N–H and O–H groups in total. The largest absolute Gasteiger partial charge is 0.481 e. The molecule has 0 fully saturated rings. The Hall–Kier alpha value is -0.580. The second kappa shape index (κ2) is 6.01. The van der Waals surface area contributed by atoms with E-state index in [0.717, 1.165) is 6.42 Å². The first-order valence-electron chi connectivity index (χ1n) is 4.86. The van der Waals surface area contributed by atoms with Gasteiger partial charge in [-0.3, -0.25) is 4.79 Å². The van der Waals surface area contributed by atoms with E-state index in [-0.39, 0.29) is 17.9 Å². The Bertz CT molecular complexity index is 269. The molecule has 1 atom stereocenters. The highest BCUT2D eigenvalue weighted by molar-refractivity contribution is 7.91. The summed E-state index contributed by atoms with van der Waals surface area (Å²) in [4.78, 5) is 10.7. The lowest BCUT2D eigenvalue weighted by Crippen LogP contribution is -2.19. The van der Waals surface area contributed by atoms with Gasteiger partial charge in [0.1, 0.15) is 9.84 Å². The third-order valence-corrected chi connectivity index (χ3v) is 3.94. The van der Waals surface area contributed by atoms with E-state index in [1.54, 1.807) is 6.92 Å². The van der Waals surface area contributed by atoms with Crippen LogP contribution in [0.4, 0.5) is 0 Å². The van der Waals surface area contributed by atoms with Gasteiger partial charge in [-0.2, -0.15) is 0 Å². The molecule has 0 radical (unpaired) electrons. The lowest BCUT2D eigenvalue weighted by atomic mass is 10.0. The molecule has 0 heterocycles. The SMILES string of the molecule is CCCC(CCS(=O)(=O)CC)C(=O)O. The molecule has 0 aromatic rings. The van der Waals surface area contributed by atoms with Gasteiger partial charge in [0, 0.05) is 5.75 Å². The van der Waals surface area contributed by atoms with Crippen LogP contribution in [0.3, 0.4) is 0 Å². The number of hydrogen-bond donors (Lipinski definition) is 1. The van der Waals surface area contributed by atoms with Crippen LogP contribution in [-0.4, -0.2) is 31.0 Å². The number of rotatable bonds is 7. The average Bonchev–Trinajstić information content (AvgIpc) is 2.12. The van der Waals surface area contributed by atoms with Gasteiger partial charge < -0.3 is 5.11 Å². The van der Waals surface area contributed by atoms with Crippen molar-refractivity contribution in [1.29, 1.82) is 0 Å². The van der Waals surface area contributed by atoms with E-state index in [1.165, 1.54) is 0 Å². The Morgan fingerprint density at radius 2 is 1.86 bits per heavy atom. The molecular formula is C9H18O4S. The summed E-state index contributed by atoms with van der Waals surface area (Å²) in [6.45, 7) is 3.47. The van der Waals surface area contributed by atoms with E-state index in [0.29, 0.717) is 6.42 Å². The molecule has 0 aromatic carbocycles. The fourth-order valence-corrected chi connectivity index (χ4v) is 2.14. The third kappa shape index (κ3) is 5.21. The van der Waals surface area contributed by atoms with Crippen molar-refractivity contribution in [2.75, 3.05) is 11.5 Å². The monoisotopic (exact) mass is 222 g/mol. The second-order valence-electron chi connectivity index (χ2n) is 3.35. The lowest BCUT2D eigenvalue weighted by molar-refractivity contribution is -0.142. The predicted molar refractivity (Wildman–Crippen MR) is 55.0 cm³/mol. The number of carboxylic acids is 1. The maximum Gasteiger partial charge on any atom is 0.306 e. The van der Waals surface area contributed by atoms with Crippen LogP contribution < -0.4 is 0 Å². The molecule has 0 aliphatic heterocycles. The molecule has 0 saturated heterocycles. The minimum atomic E-state index is -3.03. The molecule has 0 amide bonds. The summed E-state index contributed by atoms with van der Waals surface area (Å²) in [6.07, 6.45) is 1.55. The average molecular weight is 222 g/mol. The molecule has 0 aliphatic carbocycles. The van der Waals surface area contributed by atoms with Gasteiger partial charge in [-0.25, -0.2) is 8.42 Å². The molecule has 0 spiro atoms. The highest BCUT2D eigenvalue weighted by Gasteiger charge is 2.19. The highest BCUT2D eigenvalue weighted by atomic mass is 32.2. The molecule has 0 rings (SSSR count). The first kappa shape index (κ1) is 13.4. The fraction of sp³-hybridized carbons (Fsp3) is 0.889. The second-order valence-corrected chi connectivity index (χ2v) is 5.82. The van der Waals surface area contributed by atoms with Crippen LogP contribution in [-0.2, 0) is 14.6 Å². The van der Waals surface area contributed by atoms with Crippen molar-refractivity contribution in [3.8, 4) is 0 Å². The van der Waals surface area contributed by atoms with Gasteiger partial charge in [-0.05, 0) is 12.8 Å². The Morgan fingerprint density at radius 3 is 2.21 bits per heavy atom. The summed E-state index contributed by atoms with van der Waals surface area (Å²) >= 11 is 0. The van der Waals surface area contributed by atoms with Crippen molar-refractivity contribution in [3.63, 3.8) is 0 Å². The number of sulfone groups is 1. The number of carbonyl (C=O) groups is 1. The van der Waals surface area contributed by atoms with E-state index in [1.807, 2.05) is 6.92 Å². The molecule has 5 heteroatoms. The Balaban J connectivity index is 4.13. The molecule has 0 aromatic heterocycles. The fourth-order valence-electron chi connectivity index (χ4n) is 1.21. The zero-order valence-electron chi connectivity index (χ0n) is 8.69. The van der Waals surface area contributed by atoms with Gasteiger partial charge in [0.2, 0.25) is 0 Å². The van der Waals surface area contributed by atoms with Crippen molar-refractivity contribution in [1.82, 2.24) is 0 Å². The van der Waals surface area contributed by atoms with Crippen LogP contribution in [0.25, 0.3) is 0 Å². The molecule has 4 nitrogen and oxygen atoms in total. The van der Waals surface area contributed by atoms with Crippen LogP contribution in [0.5, 0.6) is 0 Å². The zero-order valence-corrected chi connectivity index (χ0v) is 9.51. The summed E-state index contributed by atoms with van der Waals surface area (Å²) in [6, 6.07) is 0. The number of hydrogen-bond acceptors (Lipinski definition) is 3. The van der Waals surface area contributed by atoms with Crippen LogP contribution in [0.2, 0.25) is 0 Å². The van der Waals surface area contributed by atoms with Gasteiger partial charge in [-0.1, -0.05) is 20.3 Å². The van der Waals surface area contributed by atoms with E-state index in [4.69, 9.17) is 5.11 Å². The molecule has 0 bridgehead atoms. The zero-order chi connectivity index (χ0) is 11.2. The van der Waals surface area contributed by atoms with E-state index in [9.17, 15) is 13.2 Å². The molecule has 84 valence electrons. The summed E-state index contributed by atoms with van der Waals surface area (Å²) in [7, 11) is -3.03. The topological polar surface area (TPSA) is 71.4 Å². The van der Waals surface area contributed by atoms with Crippen molar-refractivity contribution in [2.45, 2.75) is 33.1 Å². The van der Waals surface area contributed by atoms with Crippen LogP contribution >= 0.6 is 0 Å². The summed E-state index contributed by atoms with van der Waals surface area (Å²) in [5, 5.41) is 8.78. The number of carboxylic acid groups (broad SMARTS) is 1.